The summed E-state index contributed by atoms with van der Waals surface area (Å²) in [4.78, 5) is 0. The molecule has 0 spiro atoms. The topological polar surface area (TPSA) is 0 Å². The van der Waals surface area contributed by atoms with Gasteiger partial charge in [0.25, 0.3) is 0 Å². The molecule has 2 bridgehead atoms. The van der Waals surface area contributed by atoms with E-state index in [9.17, 15) is 0 Å². The Morgan fingerprint density at radius 2 is 1.59 bits per heavy atom. The van der Waals surface area contributed by atoms with Crippen molar-refractivity contribution in [2.24, 2.45) is 5.92 Å². The van der Waals surface area contributed by atoms with Crippen LogP contribution >= 0.6 is 0 Å². The maximum absolute atomic E-state index is 2.43. The maximum atomic E-state index is 2.43. The minimum Gasteiger partial charge on any atom is -0.0885 e. The van der Waals surface area contributed by atoms with Crippen molar-refractivity contribution in [1.29, 1.82) is 0 Å². The van der Waals surface area contributed by atoms with Gasteiger partial charge in [-0.1, -0.05) is 75.1 Å². The number of hydrogen-bond acceptors (Lipinski definition) is 0. The number of fused-ring (bicyclic) bond motifs is 2. The lowest BCUT2D eigenvalue weighted by Crippen LogP contribution is -2.34. The van der Waals surface area contributed by atoms with Crippen LogP contribution in [0.2, 0.25) is 18.0 Å². The van der Waals surface area contributed by atoms with Crippen molar-refractivity contribution < 1.29 is 0 Å². The SMILES string of the molecule is C1=CCC(CCB2C3CCCC2CCC3)CC1. The first-order valence-electron chi connectivity index (χ1n) is 8.08. The van der Waals surface area contributed by atoms with E-state index in [0.29, 0.717) is 0 Å². The molecule has 3 rings (SSSR count). The quantitative estimate of drug-likeness (QED) is 0.453. The third-order valence-corrected chi connectivity index (χ3v) is 5.80. The fourth-order valence-electron chi connectivity index (χ4n) is 4.83. The van der Waals surface area contributed by atoms with Gasteiger partial charge in [-0.2, -0.15) is 0 Å². The molecule has 2 fully saturated rings. The predicted octanol–water partition coefficient (Wildman–Crippen LogP) is 5.34. The van der Waals surface area contributed by atoms with Crippen molar-refractivity contribution in [1.82, 2.24) is 0 Å². The Balaban J connectivity index is 1.51. The Morgan fingerprint density at radius 3 is 2.18 bits per heavy atom. The monoisotopic (exact) mass is 230 g/mol. The highest BCUT2D eigenvalue weighted by Gasteiger charge is 2.38. The summed E-state index contributed by atoms with van der Waals surface area (Å²) in [6, 6.07) is 0. The minimum atomic E-state index is 1.03. The van der Waals surface area contributed by atoms with Crippen molar-refractivity contribution in [3.8, 4) is 0 Å². The zero-order valence-electron chi connectivity index (χ0n) is 11.2. The van der Waals surface area contributed by atoms with E-state index in [1.165, 1.54) is 38.5 Å². The third-order valence-electron chi connectivity index (χ3n) is 5.80. The number of rotatable bonds is 3. The Labute approximate surface area is 107 Å². The van der Waals surface area contributed by atoms with Crippen LogP contribution in [0.3, 0.4) is 0 Å². The van der Waals surface area contributed by atoms with E-state index in [0.717, 1.165) is 24.3 Å². The molecule has 1 aliphatic carbocycles. The van der Waals surface area contributed by atoms with Crippen LogP contribution in [-0.2, 0) is 0 Å². The second kappa shape index (κ2) is 5.63. The average Bonchev–Trinajstić information content (AvgIpc) is 2.37. The summed E-state index contributed by atoms with van der Waals surface area (Å²) < 4.78 is 0. The molecule has 0 radical (unpaired) electrons. The molecule has 0 nitrogen and oxygen atoms in total. The van der Waals surface area contributed by atoms with Gasteiger partial charge in [-0.25, -0.2) is 0 Å². The summed E-state index contributed by atoms with van der Waals surface area (Å²) in [5.74, 6) is 3.28. The molecule has 2 heterocycles. The van der Waals surface area contributed by atoms with Crippen LogP contribution in [0.1, 0.15) is 64.2 Å². The lowest BCUT2D eigenvalue weighted by Gasteiger charge is -2.41. The van der Waals surface area contributed by atoms with Crippen molar-refractivity contribution in [3.05, 3.63) is 12.2 Å². The van der Waals surface area contributed by atoms with Gasteiger partial charge in [-0.05, 0) is 25.2 Å². The van der Waals surface area contributed by atoms with Crippen LogP contribution in [0.4, 0.5) is 0 Å². The first-order valence-corrected chi connectivity index (χ1v) is 8.08. The zero-order valence-corrected chi connectivity index (χ0v) is 11.2. The van der Waals surface area contributed by atoms with E-state index in [2.05, 4.69) is 12.2 Å². The molecule has 0 amide bonds. The Kier molecular flexibility index (Phi) is 3.93. The first kappa shape index (κ1) is 11.9. The van der Waals surface area contributed by atoms with Crippen LogP contribution in [-0.4, -0.2) is 6.71 Å². The van der Waals surface area contributed by atoms with Gasteiger partial charge >= 0.3 is 0 Å². The molecule has 0 aromatic heterocycles. The molecular weight excluding hydrogens is 203 g/mol. The van der Waals surface area contributed by atoms with Gasteiger partial charge in [-0.15, -0.1) is 0 Å². The molecule has 2 saturated heterocycles. The summed E-state index contributed by atoms with van der Waals surface area (Å²) in [7, 11) is 0. The maximum Gasteiger partial charge on any atom is 0.146 e. The largest absolute Gasteiger partial charge is 0.146 e. The fourth-order valence-corrected chi connectivity index (χ4v) is 4.83. The van der Waals surface area contributed by atoms with E-state index in [1.54, 1.807) is 32.0 Å². The number of hydrogen-bond donors (Lipinski definition) is 0. The van der Waals surface area contributed by atoms with E-state index in [-0.39, 0.29) is 0 Å². The summed E-state index contributed by atoms with van der Waals surface area (Å²) in [5, 5.41) is 0. The third kappa shape index (κ3) is 2.80. The van der Waals surface area contributed by atoms with Gasteiger partial charge in [0.2, 0.25) is 0 Å². The van der Waals surface area contributed by atoms with Crippen LogP contribution in [0.5, 0.6) is 0 Å². The molecule has 1 atom stereocenters. The minimum absolute atomic E-state index is 1.03. The molecule has 1 heteroatoms. The van der Waals surface area contributed by atoms with Gasteiger partial charge in [-0.3, -0.25) is 0 Å². The normalized spacial score (nSPS) is 37.2. The molecule has 2 aliphatic heterocycles. The van der Waals surface area contributed by atoms with Gasteiger partial charge in [0.1, 0.15) is 6.71 Å². The Morgan fingerprint density at radius 1 is 0.882 bits per heavy atom. The molecule has 0 N–H and O–H groups in total. The van der Waals surface area contributed by atoms with Crippen molar-refractivity contribution in [2.75, 3.05) is 0 Å². The highest BCUT2D eigenvalue weighted by atomic mass is 14.3. The zero-order chi connectivity index (χ0) is 11.5. The second-order valence-corrected chi connectivity index (χ2v) is 6.77. The molecule has 0 aromatic rings. The highest BCUT2D eigenvalue weighted by Crippen LogP contribution is 2.48. The standard InChI is InChI=1S/C16H27B/c1-2-6-14(7-3-1)12-13-17-15-8-4-9-16(17)11-5-10-15/h1-2,14-16H,3-13H2. The van der Waals surface area contributed by atoms with E-state index in [1.807, 2.05) is 0 Å². The van der Waals surface area contributed by atoms with E-state index in [4.69, 9.17) is 0 Å². The molecule has 0 saturated carbocycles. The van der Waals surface area contributed by atoms with Gasteiger partial charge in [0.15, 0.2) is 0 Å². The molecule has 0 aromatic carbocycles. The predicted molar refractivity (Wildman–Crippen MR) is 76.9 cm³/mol. The fraction of sp³-hybridized carbons (Fsp3) is 0.875. The smallest absolute Gasteiger partial charge is 0.0885 e. The van der Waals surface area contributed by atoms with Gasteiger partial charge < -0.3 is 0 Å². The lowest BCUT2D eigenvalue weighted by molar-refractivity contribution is 0.425. The summed E-state index contributed by atoms with van der Waals surface area (Å²) in [6.07, 6.45) is 21.4. The van der Waals surface area contributed by atoms with Gasteiger partial charge in [0.05, 0.1) is 0 Å². The Hall–Kier alpha value is -0.195. The van der Waals surface area contributed by atoms with Crippen LogP contribution < -0.4 is 0 Å². The van der Waals surface area contributed by atoms with E-state index >= 15 is 0 Å². The van der Waals surface area contributed by atoms with Crippen LogP contribution in [0.25, 0.3) is 0 Å². The molecule has 17 heavy (non-hydrogen) atoms. The van der Waals surface area contributed by atoms with Crippen LogP contribution in [0, 0.1) is 5.92 Å². The van der Waals surface area contributed by atoms with Crippen molar-refractivity contribution in [3.63, 3.8) is 0 Å². The average molecular weight is 230 g/mol. The molecular formula is C16H27B. The lowest BCUT2D eigenvalue weighted by atomic mass is 9.25. The van der Waals surface area contributed by atoms with E-state index < -0.39 is 0 Å². The highest BCUT2D eigenvalue weighted by molar-refractivity contribution is 6.62. The second-order valence-electron chi connectivity index (χ2n) is 6.77. The molecule has 94 valence electrons. The first-order chi connectivity index (χ1) is 8.43. The summed E-state index contributed by atoms with van der Waals surface area (Å²) in [6.45, 7) is 1.13. The summed E-state index contributed by atoms with van der Waals surface area (Å²) in [5.41, 5.74) is 0. The Bertz CT molecular complexity index is 249. The summed E-state index contributed by atoms with van der Waals surface area (Å²) >= 11 is 0. The van der Waals surface area contributed by atoms with Gasteiger partial charge in [0, 0.05) is 0 Å². The van der Waals surface area contributed by atoms with Crippen molar-refractivity contribution in [2.45, 2.75) is 82.2 Å². The van der Waals surface area contributed by atoms with Crippen LogP contribution in [0.15, 0.2) is 12.2 Å². The molecule has 3 aliphatic rings. The number of allylic oxidation sites excluding steroid dienone is 2. The molecule has 1 unspecified atom stereocenters. The van der Waals surface area contributed by atoms with Crippen molar-refractivity contribution >= 4 is 6.71 Å².